The van der Waals surface area contributed by atoms with E-state index in [1.165, 1.54) is 4.90 Å². The van der Waals surface area contributed by atoms with Crippen molar-refractivity contribution in [2.75, 3.05) is 22.9 Å². The summed E-state index contributed by atoms with van der Waals surface area (Å²) in [5.74, 6) is -1.59. The van der Waals surface area contributed by atoms with Gasteiger partial charge < -0.3 is 10.2 Å². The van der Waals surface area contributed by atoms with Gasteiger partial charge in [0, 0.05) is 25.8 Å². The number of amides is 3. The molecule has 0 atom stereocenters. The Hall–Kier alpha value is -4.83. The van der Waals surface area contributed by atoms with Gasteiger partial charge in [0.05, 0.1) is 17.4 Å². The third kappa shape index (κ3) is 4.42. The van der Waals surface area contributed by atoms with Crippen molar-refractivity contribution in [3.63, 3.8) is 0 Å². The van der Waals surface area contributed by atoms with Crippen LogP contribution in [0.15, 0.2) is 79.0 Å². The van der Waals surface area contributed by atoms with E-state index in [1.54, 1.807) is 18.3 Å². The normalized spacial score (nSPS) is 17.1. The van der Waals surface area contributed by atoms with Crippen LogP contribution in [-0.2, 0) is 11.3 Å². The van der Waals surface area contributed by atoms with E-state index >= 15 is 0 Å². The fraction of sp³-hybridized carbons (Fsp3) is 0.233. The Morgan fingerprint density at radius 1 is 0.850 bits per heavy atom. The van der Waals surface area contributed by atoms with E-state index < -0.39 is 23.3 Å². The molecule has 4 aromatic rings. The second kappa shape index (κ2) is 10.0. The molecule has 2 fully saturated rings. The van der Waals surface area contributed by atoms with Crippen molar-refractivity contribution in [1.82, 2.24) is 19.9 Å². The monoisotopic (exact) mass is 536 g/mol. The number of piperidine rings is 1. The van der Waals surface area contributed by atoms with E-state index in [1.807, 2.05) is 61.5 Å². The topological polar surface area (TPSA) is 123 Å². The molecule has 0 aliphatic carbocycles. The maximum atomic E-state index is 14.2. The SMILES string of the molecule is Cc1cccnc1CN1CCC2(CC1)C(=O)N(c1ccc(-c3ccccc3)cc1)C(=O)N2c1nc(O)cc(O)n1. The number of urea groups is 1. The number of carbonyl (C=O) groups is 2. The first-order chi connectivity index (χ1) is 19.4. The Morgan fingerprint density at radius 2 is 1.50 bits per heavy atom. The van der Waals surface area contributed by atoms with E-state index in [-0.39, 0.29) is 11.9 Å². The highest BCUT2D eigenvalue weighted by Gasteiger charge is 2.60. The van der Waals surface area contributed by atoms with E-state index in [0.29, 0.717) is 38.2 Å². The Kier molecular flexibility index (Phi) is 6.39. The summed E-state index contributed by atoms with van der Waals surface area (Å²) in [5.41, 5.74) is 3.17. The van der Waals surface area contributed by atoms with Crippen LogP contribution < -0.4 is 9.80 Å². The van der Waals surface area contributed by atoms with Gasteiger partial charge in [-0.25, -0.2) is 14.6 Å². The predicted molar refractivity (Wildman–Crippen MR) is 149 cm³/mol. The molecule has 3 amide bonds. The first-order valence-corrected chi connectivity index (χ1v) is 13.1. The number of anilines is 2. The Labute approximate surface area is 231 Å². The molecule has 0 saturated carbocycles. The predicted octanol–water partition coefficient (Wildman–Crippen LogP) is 4.27. The lowest BCUT2D eigenvalue weighted by Gasteiger charge is -2.41. The van der Waals surface area contributed by atoms with Gasteiger partial charge in [-0.05, 0) is 54.7 Å². The minimum Gasteiger partial charge on any atom is -0.493 e. The van der Waals surface area contributed by atoms with Crippen LogP contribution in [0.3, 0.4) is 0 Å². The highest BCUT2D eigenvalue weighted by molar-refractivity contribution is 6.30. The van der Waals surface area contributed by atoms with Gasteiger partial charge in [-0.3, -0.25) is 14.7 Å². The Bertz CT molecular complexity index is 1550. The zero-order valence-electron chi connectivity index (χ0n) is 21.9. The average molecular weight is 537 g/mol. The highest BCUT2D eigenvalue weighted by Crippen LogP contribution is 2.42. The summed E-state index contributed by atoms with van der Waals surface area (Å²) in [6.07, 6.45) is 2.41. The van der Waals surface area contributed by atoms with Crippen molar-refractivity contribution in [3.8, 4) is 22.9 Å². The standard InChI is InChI=1S/C30H28N6O4/c1-20-6-5-15-31-24(20)19-34-16-13-30(14-17-34)27(39)35(29(40)36(30)28-32-25(37)18-26(38)33-28)23-11-9-22(10-12-23)21-7-3-2-4-8-21/h2-12,15,18H,13-14,16-17,19H2,1H3,(H2,32,33,37,38). The summed E-state index contributed by atoms with van der Waals surface area (Å²) >= 11 is 0. The molecule has 2 saturated heterocycles. The van der Waals surface area contributed by atoms with Crippen LogP contribution in [0, 0.1) is 6.92 Å². The maximum Gasteiger partial charge on any atom is 0.339 e. The molecule has 0 bridgehead atoms. The van der Waals surface area contributed by atoms with Crippen molar-refractivity contribution in [3.05, 3.63) is 90.3 Å². The summed E-state index contributed by atoms with van der Waals surface area (Å²) in [4.78, 5) is 45.2. The van der Waals surface area contributed by atoms with E-state index in [0.717, 1.165) is 33.4 Å². The number of aryl methyl sites for hydroxylation is 1. The van der Waals surface area contributed by atoms with Crippen molar-refractivity contribution < 1.29 is 19.8 Å². The first-order valence-electron chi connectivity index (χ1n) is 13.1. The number of hydrogen-bond acceptors (Lipinski definition) is 8. The van der Waals surface area contributed by atoms with Gasteiger partial charge in [-0.15, -0.1) is 0 Å². The number of imide groups is 1. The van der Waals surface area contributed by atoms with Crippen LogP contribution in [0.25, 0.3) is 11.1 Å². The Balaban J connectivity index is 1.34. The van der Waals surface area contributed by atoms with Gasteiger partial charge in [0.15, 0.2) is 0 Å². The third-order valence-corrected chi connectivity index (χ3v) is 7.71. The molecule has 1 spiro atoms. The number of pyridine rings is 1. The lowest BCUT2D eigenvalue weighted by Crippen LogP contribution is -2.57. The summed E-state index contributed by atoms with van der Waals surface area (Å²) in [5, 5.41) is 20.2. The lowest BCUT2D eigenvalue weighted by molar-refractivity contribution is -0.123. The fourth-order valence-corrected chi connectivity index (χ4v) is 5.54. The summed E-state index contributed by atoms with van der Waals surface area (Å²) in [6, 6.07) is 21.3. The van der Waals surface area contributed by atoms with Crippen molar-refractivity contribution in [2.24, 2.45) is 0 Å². The van der Waals surface area contributed by atoms with Gasteiger partial charge in [0.1, 0.15) is 5.54 Å². The van der Waals surface area contributed by atoms with Crippen LogP contribution in [0.4, 0.5) is 16.4 Å². The van der Waals surface area contributed by atoms with E-state index in [9.17, 15) is 19.8 Å². The molecule has 0 radical (unpaired) electrons. The van der Waals surface area contributed by atoms with Gasteiger partial charge in [-0.1, -0.05) is 48.5 Å². The van der Waals surface area contributed by atoms with Crippen LogP contribution in [0.2, 0.25) is 0 Å². The quantitative estimate of drug-likeness (QED) is 0.363. The molecule has 202 valence electrons. The van der Waals surface area contributed by atoms with Gasteiger partial charge in [-0.2, -0.15) is 9.97 Å². The van der Waals surface area contributed by atoms with Gasteiger partial charge in [0.25, 0.3) is 5.91 Å². The molecule has 2 aromatic heterocycles. The number of hydrogen-bond donors (Lipinski definition) is 2. The summed E-state index contributed by atoms with van der Waals surface area (Å²) in [6.45, 7) is 3.69. The third-order valence-electron chi connectivity index (χ3n) is 7.71. The lowest BCUT2D eigenvalue weighted by atomic mass is 9.85. The second-order valence-electron chi connectivity index (χ2n) is 10.1. The van der Waals surface area contributed by atoms with Crippen LogP contribution in [0.5, 0.6) is 11.8 Å². The number of rotatable bonds is 5. The molecule has 10 nitrogen and oxygen atoms in total. The van der Waals surface area contributed by atoms with Crippen LogP contribution >= 0.6 is 0 Å². The number of carbonyl (C=O) groups excluding carboxylic acids is 2. The molecule has 2 aromatic carbocycles. The molecule has 6 rings (SSSR count). The molecule has 2 aliphatic rings. The molecule has 10 heteroatoms. The molecule has 2 aliphatic heterocycles. The van der Waals surface area contributed by atoms with Gasteiger partial charge >= 0.3 is 6.03 Å². The average Bonchev–Trinajstić information content (AvgIpc) is 3.16. The number of aromatic nitrogens is 3. The number of likely N-dealkylation sites (tertiary alicyclic amines) is 1. The maximum absolute atomic E-state index is 14.2. The van der Waals surface area contributed by atoms with Gasteiger partial charge in [0.2, 0.25) is 17.7 Å². The van der Waals surface area contributed by atoms with Crippen molar-refractivity contribution in [1.29, 1.82) is 0 Å². The zero-order chi connectivity index (χ0) is 27.9. The number of benzene rings is 2. The summed E-state index contributed by atoms with van der Waals surface area (Å²) < 4.78 is 0. The zero-order valence-corrected chi connectivity index (χ0v) is 21.9. The molecule has 2 N–H and O–H groups in total. The minimum atomic E-state index is -1.27. The minimum absolute atomic E-state index is 0.215. The Morgan fingerprint density at radius 3 is 2.15 bits per heavy atom. The molecule has 0 unspecified atom stereocenters. The smallest absolute Gasteiger partial charge is 0.339 e. The second-order valence-corrected chi connectivity index (χ2v) is 10.1. The van der Waals surface area contributed by atoms with E-state index in [4.69, 9.17) is 0 Å². The fourth-order valence-electron chi connectivity index (χ4n) is 5.54. The highest BCUT2D eigenvalue weighted by atomic mass is 16.3. The van der Waals surface area contributed by atoms with Crippen LogP contribution in [0.1, 0.15) is 24.1 Å². The van der Waals surface area contributed by atoms with Crippen molar-refractivity contribution >= 4 is 23.6 Å². The largest absolute Gasteiger partial charge is 0.493 e. The molecular weight excluding hydrogens is 508 g/mol. The molecule has 4 heterocycles. The summed E-state index contributed by atoms with van der Waals surface area (Å²) in [7, 11) is 0. The number of aromatic hydroxyl groups is 2. The molecular formula is C30H28N6O4. The van der Waals surface area contributed by atoms with E-state index in [2.05, 4.69) is 19.9 Å². The van der Waals surface area contributed by atoms with Crippen LogP contribution in [-0.4, -0.2) is 60.6 Å². The van der Waals surface area contributed by atoms with Crippen molar-refractivity contribution in [2.45, 2.75) is 31.8 Å². The first kappa shape index (κ1) is 25.4. The number of nitrogens with zero attached hydrogens (tertiary/aromatic N) is 6. The molecule has 40 heavy (non-hydrogen) atoms.